The minimum Gasteiger partial charge on any atom is -0.391 e. The molecule has 2 aliphatic heterocycles. The van der Waals surface area contributed by atoms with Gasteiger partial charge in [-0.1, -0.05) is 54.6 Å². The number of likely N-dealkylation sites (tertiary alicyclic amines) is 1. The molecule has 0 radical (unpaired) electrons. The molecule has 0 bridgehead atoms. The van der Waals surface area contributed by atoms with Crippen molar-refractivity contribution in [1.82, 2.24) is 4.90 Å². The summed E-state index contributed by atoms with van der Waals surface area (Å²) < 4.78 is 0. The molecule has 6 rings (SSSR count). The van der Waals surface area contributed by atoms with E-state index in [1.807, 2.05) is 0 Å². The van der Waals surface area contributed by atoms with E-state index in [1.165, 1.54) is 27.6 Å². The molecule has 3 heteroatoms. The summed E-state index contributed by atoms with van der Waals surface area (Å²) in [5, 5.41) is 13.8. The fraction of sp³-hybridized carbons (Fsp3) is 0.385. The molecule has 3 nitrogen and oxygen atoms in total. The van der Waals surface area contributed by atoms with Gasteiger partial charge in [0.25, 0.3) is 0 Å². The van der Waals surface area contributed by atoms with E-state index < -0.39 is 0 Å². The molecular formula is C26H28N2O. The van der Waals surface area contributed by atoms with Crippen molar-refractivity contribution in [3.8, 4) is 0 Å². The van der Waals surface area contributed by atoms with Crippen molar-refractivity contribution in [3.05, 3.63) is 77.9 Å². The Morgan fingerprint density at radius 2 is 1.59 bits per heavy atom. The van der Waals surface area contributed by atoms with Crippen LogP contribution in [0.2, 0.25) is 0 Å². The van der Waals surface area contributed by atoms with E-state index in [-0.39, 0.29) is 11.6 Å². The Labute approximate surface area is 172 Å². The van der Waals surface area contributed by atoms with Crippen LogP contribution >= 0.6 is 0 Å². The van der Waals surface area contributed by atoms with Gasteiger partial charge >= 0.3 is 0 Å². The van der Waals surface area contributed by atoms with Gasteiger partial charge < -0.3 is 10.0 Å². The zero-order valence-corrected chi connectivity index (χ0v) is 16.8. The number of aliphatic hydroxyl groups excluding tert-OH is 1. The number of rotatable bonds is 2. The standard InChI is InChI=1S/C26H28N2O/c29-24-12-15-28(21-9-2-1-3-10-21)26(24)13-16-27(17-14-26)23-18-20-8-4-6-19-7-5-11-22(23)25(19)20/h1-11,23-24,29H,12-18H2/t23?,24-/m1/s1. The average molecular weight is 385 g/mol. The molecule has 3 aromatic rings. The van der Waals surface area contributed by atoms with Crippen LogP contribution in [0.4, 0.5) is 5.69 Å². The van der Waals surface area contributed by atoms with Crippen molar-refractivity contribution in [2.45, 2.75) is 43.4 Å². The summed E-state index contributed by atoms with van der Waals surface area (Å²) >= 11 is 0. The van der Waals surface area contributed by atoms with Crippen molar-refractivity contribution in [3.63, 3.8) is 0 Å². The van der Waals surface area contributed by atoms with Gasteiger partial charge in [0.15, 0.2) is 0 Å². The lowest BCUT2D eigenvalue weighted by Gasteiger charge is -2.49. The summed E-state index contributed by atoms with van der Waals surface area (Å²) in [6.45, 7) is 3.06. The van der Waals surface area contributed by atoms with Gasteiger partial charge in [-0.3, -0.25) is 4.90 Å². The first-order chi connectivity index (χ1) is 14.3. The lowest BCUT2D eigenvalue weighted by Crippen LogP contribution is -2.57. The topological polar surface area (TPSA) is 26.7 Å². The molecule has 1 spiro atoms. The zero-order valence-electron chi connectivity index (χ0n) is 16.8. The molecule has 148 valence electrons. The van der Waals surface area contributed by atoms with Gasteiger partial charge in [0.2, 0.25) is 0 Å². The van der Waals surface area contributed by atoms with E-state index in [9.17, 15) is 5.11 Å². The van der Waals surface area contributed by atoms with Gasteiger partial charge in [0.05, 0.1) is 11.6 Å². The number of hydrogen-bond donors (Lipinski definition) is 1. The Morgan fingerprint density at radius 3 is 2.38 bits per heavy atom. The molecular weight excluding hydrogens is 356 g/mol. The van der Waals surface area contributed by atoms with Gasteiger partial charge in [-0.15, -0.1) is 0 Å². The molecule has 2 atom stereocenters. The molecule has 3 aliphatic rings. The second-order valence-corrected chi connectivity index (χ2v) is 9.01. The van der Waals surface area contributed by atoms with Crippen LogP contribution in [-0.2, 0) is 6.42 Å². The Balaban J connectivity index is 1.27. The summed E-state index contributed by atoms with van der Waals surface area (Å²) in [5.41, 5.74) is 4.15. The maximum Gasteiger partial charge on any atom is 0.0789 e. The van der Waals surface area contributed by atoms with Crippen LogP contribution in [0.5, 0.6) is 0 Å². The minimum atomic E-state index is -0.228. The molecule has 0 saturated carbocycles. The van der Waals surface area contributed by atoms with Gasteiger partial charge in [0, 0.05) is 31.4 Å². The first kappa shape index (κ1) is 17.5. The van der Waals surface area contributed by atoms with E-state index in [1.54, 1.807) is 0 Å². The van der Waals surface area contributed by atoms with Gasteiger partial charge in [-0.05, 0) is 59.7 Å². The third-order valence-corrected chi connectivity index (χ3v) is 7.75. The molecule has 1 aliphatic carbocycles. The molecule has 29 heavy (non-hydrogen) atoms. The number of para-hydroxylation sites is 1. The van der Waals surface area contributed by atoms with E-state index in [0.717, 1.165) is 45.3 Å². The number of aliphatic hydroxyl groups is 1. The maximum atomic E-state index is 11.0. The van der Waals surface area contributed by atoms with Crippen LogP contribution in [0, 0.1) is 0 Å². The van der Waals surface area contributed by atoms with E-state index in [0.29, 0.717) is 6.04 Å². The smallest absolute Gasteiger partial charge is 0.0789 e. The van der Waals surface area contributed by atoms with Crippen molar-refractivity contribution in [1.29, 1.82) is 0 Å². The van der Waals surface area contributed by atoms with E-state index in [2.05, 4.69) is 76.5 Å². The van der Waals surface area contributed by atoms with Crippen LogP contribution in [0.25, 0.3) is 10.8 Å². The Hall–Kier alpha value is -2.36. The monoisotopic (exact) mass is 384 g/mol. The molecule has 2 saturated heterocycles. The largest absolute Gasteiger partial charge is 0.391 e. The molecule has 3 aromatic carbocycles. The molecule has 0 aromatic heterocycles. The SMILES string of the molecule is O[C@@H]1CCN(c2ccccc2)C12CCN(C1Cc3cccc4cccc1c34)CC2. The summed E-state index contributed by atoms with van der Waals surface area (Å²) in [5.74, 6) is 0. The van der Waals surface area contributed by atoms with Gasteiger partial charge in [-0.2, -0.15) is 0 Å². The van der Waals surface area contributed by atoms with Crippen molar-refractivity contribution in [2.75, 3.05) is 24.5 Å². The van der Waals surface area contributed by atoms with Crippen LogP contribution in [-0.4, -0.2) is 41.3 Å². The number of piperidine rings is 1. The third-order valence-electron chi connectivity index (χ3n) is 7.75. The maximum absolute atomic E-state index is 11.0. The van der Waals surface area contributed by atoms with Crippen LogP contribution in [0.3, 0.4) is 0 Å². The number of anilines is 1. The Morgan fingerprint density at radius 1 is 0.828 bits per heavy atom. The quantitative estimate of drug-likeness (QED) is 0.703. The van der Waals surface area contributed by atoms with Crippen LogP contribution in [0.15, 0.2) is 66.7 Å². The van der Waals surface area contributed by atoms with Crippen molar-refractivity contribution >= 4 is 16.5 Å². The predicted molar refractivity (Wildman–Crippen MR) is 118 cm³/mol. The number of nitrogens with zero attached hydrogens (tertiary/aromatic N) is 2. The van der Waals surface area contributed by atoms with Crippen molar-refractivity contribution < 1.29 is 5.11 Å². The first-order valence-corrected chi connectivity index (χ1v) is 11.0. The van der Waals surface area contributed by atoms with Gasteiger partial charge in [-0.25, -0.2) is 0 Å². The molecule has 0 amide bonds. The Bertz CT molecular complexity index is 1030. The third kappa shape index (κ3) is 2.57. The summed E-state index contributed by atoms with van der Waals surface area (Å²) in [6, 6.07) is 24.7. The molecule has 1 N–H and O–H groups in total. The molecule has 2 fully saturated rings. The number of hydrogen-bond acceptors (Lipinski definition) is 3. The van der Waals surface area contributed by atoms with E-state index >= 15 is 0 Å². The Kier molecular flexibility index (Phi) is 3.97. The second kappa shape index (κ2) is 6.58. The fourth-order valence-corrected chi connectivity index (χ4v) is 6.28. The molecule has 1 unspecified atom stereocenters. The number of benzene rings is 3. The first-order valence-electron chi connectivity index (χ1n) is 11.0. The summed E-state index contributed by atoms with van der Waals surface area (Å²) in [4.78, 5) is 5.17. The average Bonchev–Trinajstić information content (AvgIpc) is 3.30. The lowest BCUT2D eigenvalue weighted by molar-refractivity contribution is 0.0419. The zero-order chi connectivity index (χ0) is 19.4. The molecule has 2 heterocycles. The highest BCUT2D eigenvalue weighted by Crippen LogP contribution is 2.46. The lowest BCUT2D eigenvalue weighted by atomic mass is 9.81. The normalized spacial score (nSPS) is 25.9. The second-order valence-electron chi connectivity index (χ2n) is 9.01. The summed E-state index contributed by atoms with van der Waals surface area (Å²) in [6.07, 6.45) is 3.84. The van der Waals surface area contributed by atoms with Gasteiger partial charge in [0.1, 0.15) is 0 Å². The van der Waals surface area contributed by atoms with E-state index in [4.69, 9.17) is 0 Å². The fourth-order valence-electron chi connectivity index (χ4n) is 6.28. The highest BCUT2D eigenvalue weighted by Gasteiger charge is 2.50. The van der Waals surface area contributed by atoms with Crippen LogP contribution < -0.4 is 4.90 Å². The minimum absolute atomic E-state index is 0.102. The van der Waals surface area contributed by atoms with Crippen LogP contribution in [0.1, 0.15) is 36.4 Å². The van der Waals surface area contributed by atoms with Crippen molar-refractivity contribution in [2.24, 2.45) is 0 Å². The summed E-state index contributed by atoms with van der Waals surface area (Å²) in [7, 11) is 0. The highest BCUT2D eigenvalue weighted by atomic mass is 16.3. The highest BCUT2D eigenvalue weighted by molar-refractivity contribution is 5.91. The predicted octanol–water partition coefficient (Wildman–Crippen LogP) is 4.54.